The van der Waals surface area contributed by atoms with Gasteiger partial charge in [0.2, 0.25) is 0 Å². The summed E-state index contributed by atoms with van der Waals surface area (Å²) < 4.78 is 20.8. The maximum absolute atomic E-state index is 14.1. The second-order valence-corrected chi connectivity index (χ2v) is 4.75. The number of aryl methyl sites for hydroxylation is 2. The van der Waals surface area contributed by atoms with Gasteiger partial charge in [-0.05, 0) is 32.0 Å². The summed E-state index contributed by atoms with van der Waals surface area (Å²) in [6, 6.07) is 7.05. The number of nitrogens with zero attached hydrogens (tertiary/aromatic N) is 2. The molecule has 0 amide bonds. The Morgan fingerprint density at radius 3 is 2.80 bits per heavy atom. The van der Waals surface area contributed by atoms with Crippen LogP contribution in [0, 0.1) is 19.7 Å². The van der Waals surface area contributed by atoms with Gasteiger partial charge in [0, 0.05) is 31.5 Å². The van der Waals surface area contributed by atoms with Crippen molar-refractivity contribution in [3.8, 4) is 5.69 Å². The predicted molar refractivity (Wildman–Crippen MR) is 76.6 cm³/mol. The zero-order valence-corrected chi connectivity index (χ0v) is 12.1. The van der Waals surface area contributed by atoms with Crippen LogP contribution in [0.25, 0.3) is 5.69 Å². The van der Waals surface area contributed by atoms with E-state index in [9.17, 15) is 4.39 Å². The lowest BCUT2D eigenvalue weighted by Crippen LogP contribution is -2.20. The zero-order chi connectivity index (χ0) is 14.5. The van der Waals surface area contributed by atoms with Crippen LogP contribution in [0.2, 0.25) is 0 Å². The molecular weight excluding hydrogens is 257 g/mol. The molecule has 0 aliphatic heterocycles. The van der Waals surface area contributed by atoms with E-state index in [0.717, 1.165) is 17.1 Å². The van der Waals surface area contributed by atoms with Gasteiger partial charge in [-0.15, -0.1) is 0 Å². The number of aromatic nitrogens is 2. The van der Waals surface area contributed by atoms with Crippen molar-refractivity contribution >= 4 is 0 Å². The molecule has 2 aromatic rings. The van der Waals surface area contributed by atoms with Crippen molar-refractivity contribution in [2.75, 3.05) is 20.3 Å². The summed E-state index contributed by atoms with van der Waals surface area (Å²) in [6.07, 6.45) is 0. The average molecular weight is 277 g/mol. The molecule has 1 heterocycles. The molecule has 0 aliphatic carbocycles. The van der Waals surface area contributed by atoms with Crippen LogP contribution < -0.4 is 5.32 Å². The SMILES string of the molecule is COCCNCc1c(F)cccc1-n1nc(C)cc1C. The van der Waals surface area contributed by atoms with Crippen molar-refractivity contribution in [2.24, 2.45) is 0 Å². The van der Waals surface area contributed by atoms with Crippen molar-refractivity contribution in [1.82, 2.24) is 15.1 Å². The lowest BCUT2D eigenvalue weighted by Gasteiger charge is -2.13. The van der Waals surface area contributed by atoms with Gasteiger partial charge in [0.05, 0.1) is 18.0 Å². The number of nitrogens with one attached hydrogen (secondary N) is 1. The summed E-state index contributed by atoms with van der Waals surface area (Å²) in [4.78, 5) is 0. The van der Waals surface area contributed by atoms with Gasteiger partial charge >= 0.3 is 0 Å². The van der Waals surface area contributed by atoms with Gasteiger partial charge in [-0.3, -0.25) is 0 Å². The third kappa shape index (κ3) is 3.23. The van der Waals surface area contributed by atoms with E-state index in [1.165, 1.54) is 6.07 Å². The molecule has 4 nitrogen and oxygen atoms in total. The Morgan fingerprint density at radius 2 is 2.15 bits per heavy atom. The van der Waals surface area contributed by atoms with E-state index in [0.29, 0.717) is 25.3 Å². The normalized spacial score (nSPS) is 11.0. The first kappa shape index (κ1) is 14.7. The lowest BCUT2D eigenvalue weighted by molar-refractivity contribution is 0.199. The highest BCUT2D eigenvalue weighted by Crippen LogP contribution is 2.19. The molecule has 0 unspecified atom stereocenters. The van der Waals surface area contributed by atoms with Gasteiger partial charge in [-0.25, -0.2) is 9.07 Å². The number of methoxy groups -OCH3 is 1. The van der Waals surface area contributed by atoms with Crippen molar-refractivity contribution in [2.45, 2.75) is 20.4 Å². The van der Waals surface area contributed by atoms with Crippen LogP contribution >= 0.6 is 0 Å². The number of halogens is 1. The van der Waals surface area contributed by atoms with Crippen LogP contribution in [-0.4, -0.2) is 30.0 Å². The summed E-state index contributed by atoms with van der Waals surface area (Å²) in [6.45, 7) is 5.63. The molecule has 0 radical (unpaired) electrons. The van der Waals surface area contributed by atoms with Crippen molar-refractivity contribution < 1.29 is 9.13 Å². The molecular formula is C15H20FN3O. The minimum absolute atomic E-state index is 0.222. The highest BCUT2D eigenvalue weighted by Gasteiger charge is 2.12. The molecule has 0 saturated carbocycles. The summed E-state index contributed by atoms with van der Waals surface area (Å²) >= 11 is 0. The number of ether oxygens (including phenoxy) is 1. The van der Waals surface area contributed by atoms with Crippen molar-refractivity contribution in [3.05, 3.63) is 47.0 Å². The Labute approximate surface area is 118 Å². The molecule has 5 heteroatoms. The molecule has 0 fully saturated rings. The standard InChI is InChI=1S/C15H20FN3O/c1-11-9-12(2)19(18-11)15-6-4-5-14(16)13(15)10-17-7-8-20-3/h4-6,9,17H,7-8,10H2,1-3H3. The van der Waals surface area contributed by atoms with Crippen LogP contribution in [0.15, 0.2) is 24.3 Å². The predicted octanol–water partition coefficient (Wildman–Crippen LogP) is 2.36. The topological polar surface area (TPSA) is 39.1 Å². The first-order chi connectivity index (χ1) is 9.63. The molecule has 0 bridgehead atoms. The Balaban J connectivity index is 2.29. The zero-order valence-electron chi connectivity index (χ0n) is 12.1. The summed E-state index contributed by atoms with van der Waals surface area (Å²) in [7, 11) is 1.64. The van der Waals surface area contributed by atoms with Gasteiger partial charge in [-0.2, -0.15) is 5.10 Å². The molecule has 0 spiro atoms. The maximum Gasteiger partial charge on any atom is 0.129 e. The third-order valence-electron chi connectivity index (χ3n) is 3.12. The van der Waals surface area contributed by atoms with E-state index in [4.69, 9.17) is 4.74 Å². The molecule has 1 N–H and O–H groups in total. The van der Waals surface area contributed by atoms with E-state index in [1.54, 1.807) is 17.9 Å². The number of benzene rings is 1. The minimum Gasteiger partial charge on any atom is -0.383 e. The number of hydrogen-bond acceptors (Lipinski definition) is 3. The highest BCUT2D eigenvalue weighted by molar-refractivity contribution is 5.42. The third-order valence-corrected chi connectivity index (χ3v) is 3.12. The van der Waals surface area contributed by atoms with Crippen LogP contribution in [0.1, 0.15) is 17.0 Å². The van der Waals surface area contributed by atoms with Gasteiger partial charge in [0.1, 0.15) is 5.82 Å². The molecule has 1 aromatic heterocycles. The fraction of sp³-hybridized carbons (Fsp3) is 0.400. The van der Waals surface area contributed by atoms with Gasteiger partial charge in [0.25, 0.3) is 0 Å². The Bertz CT molecular complexity index is 580. The van der Waals surface area contributed by atoms with E-state index in [-0.39, 0.29) is 5.82 Å². The first-order valence-electron chi connectivity index (χ1n) is 6.64. The summed E-state index contributed by atoms with van der Waals surface area (Å²) in [5.74, 6) is -0.222. The second kappa shape index (κ2) is 6.63. The van der Waals surface area contributed by atoms with E-state index in [2.05, 4.69) is 10.4 Å². The largest absolute Gasteiger partial charge is 0.383 e. The molecule has 0 aliphatic rings. The number of rotatable bonds is 6. The van der Waals surface area contributed by atoms with Gasteiger partial charge in [0.15, 0.2) is 0 Å². The maximum atomic E-state index is 14.1. The lowest BCUT2D eigenvalue weighted by atomic mass is 10.1. The summed E-state index contributed by atoms with van der Waals surface area (Å²) in [5.41, 5.74) is 3.31. The summed E-state index contributed by atoms with van der Waals surface area (Å²) in [5, 5.41) is 7.60. The number of hydrogen-bond donors (Lipinski definition) is 1. The van der Waals surface area contributed by atoms with Gasteiger partial charge in [-0.1, -0.05) is 6.07 Å². The second-order valence-electron chi connectivity index (χ2n) is 4.75. The molecule has 108 valence electrons. The van der Waals surface area contributed by atoms with E-state index >= 15 is 0 Å². The van der Waals surface area contributed by atoms with Crippen molar-refractivity contribution in [3.63, 3.8) is 0 Å². The smallest absolute Gasteiger partial charge is 0.129 e. The fourth-order valence-electron chi connectivity index (χ4n) is 2.18. The highest BCUT2D eigenvalue weighted by atomic mass is 19.1. The molecule has 0 saturated heterocycles. The van der Waals surface area contributed by atoms with Crippen LogP contribution in [-0.2, 0) is 11.3 Å². The first-order valence-corrected chi connectivity index (χ1v) is 6.64. The Morgan fingerprint density at radius 1 is 1.35 bits per heavy atom. The molecule has 20 heavy (non-hydrogen) atoms. The van der Waals surface area contributed by atoms with E-state index < -0.39 is 0 Å². The molecule has 2 rings (SSSR count). The minimum atomic E-state index is -0.222. The monoisotopic (exact) mass is 277 g/mol. The fourth-order valence-corrected chi connectivity index (χ4v) is 2.18. The van der Waals surface area contributed by atoms with Crippen LogP contribution in [0.3, 0.4) is 0 Å². The van der Waals surface area contributed by atoms with E-state index in [1.807, 2.05) is 26.0 Å². The molecule has 0 atom stereocenters. The Kier molecular flexibility index (Phi) is 4.87. The van der Waals surface area contributed by atoms with Crippen LogP contribution in [0.5, 0.6) is 0 Å². The average Bonchev–Trinajstić information content (AvgIpc) is 2.75. The van der Waals surface area contributed by atoms with Crippen LogP contribution in [0.4, 0.5) is 4.39 Å². The Hall–Kier alpha value is -1.72. The van der Waals surface area contributed by atoms with Gasteiger partial charge < -0.3 is 10.1 Å². The quantitative estimate of drug-likeness (QED) is 0.824. The van der Waals surface area contributed by atoms with Crippen molar-refractivity contribution in [1.29, 1.82) is 0 Å². The molecule has 1 aromatic carbocycles.